The van der Waals surface area contributed by atoms with Crippen LogP contribution in [0.3, 0.4) is 0 Å². The quantitative estimate of drug-likeness (QED) is 0.612. The smallest absolute Gasteiger partial charge is 0.170 e. The van der Waals surface area contributed by atoms with E-state index in [1.165, 1.54) is 38.6 Å². The van der Waals surface area contributed by atoms with Crippen LogP contribution in [0.15, 0.2) is 0 Å². The van der Waals surface area contributed by atoms with E-state index in [1.807, 2.05) is 13.8 Å². The molecule has 0 spiro atoms. The van der Waals surface area contributed by atoms with Gasteiger partial charge in [-0.3, -0.25) is 4.90 Å². The van der Waals surface area contributed by atoms with Gasteiger partial charge in [0.1, 0.15) is 0 Å². The number of hydrogen-bond acceptors (Lipinski definition) is 3. The van der Waals surface area contributed by atoms with Gasteiger partial charge in [0, 0.05) is 25.8 Å². The number of likely N-dealkylation sites (tertiary alicyclic amines) is 1. The van der Waals surface area contributed by atoms with E-state index in [0.717, 1.165) is 25.8 Å². The number of piperidine rings is 1. The van der Waals surface area contributed by atoms with Gasteiger partial charge in [0.15, 0.2) is 6.29 Å². The molecule has 3 heteroatoms. The summed E-state index contributed by atoms with van der Waals surface area (Å²) in [6, 6.07) is 0.747. The molecule has 1 fully saturated rings. The molecule has 1 aliphatic rings. The third-order valence-electron chi connectivity index (χ3n) is 3.46. The van der Waals surface area contributed by atoms with E-state index in [-0.39, 0.29) is 6.29 Å². The number of hydrogen-bond donors (Lipinski definition) is 0. The Morgan fingerprint density at radius 2 is 1.82 bits per heavy atom. The van der Waals surface area contributed by atoms with Crippen LogP contribution in [0.4, 0.5) is 0 Å². The normalized spacial score (nSPS) is 22.2. The van der Waals surface area contributed by atoms with Crippen LogP contribution >= 0.6 is 0 Å². The van der Waals surface area contributed by atoms with Crippen LogP contribution < -0.4 is 0 Å². The van der Waals surface area contributed by atoms with E-state index in [4.69, 9.17) is 9.47 Å². The summed E-state index contributed by atoms with van der Waals surface area (Å²) in [6.07, 6.45) is 6.60. The van der Waals surface area contributed by atoms with Crippen molar-refractivity contribution in [3.05, 3.63) is 0 Å². The average Bonchev–Trinajstić information content (AvgIpc) is 2.33. The van der Waals surface area contributed by atoms with Gasteiger partial charge >= 0.3 is 0 Å². The Morgan fingerprint density at radius 3 is 2.41 bits per heavy atom. The minimum absolute atomic E-state index is 0.0394. The summed E-state index contributed by atoms with van der Waals surface area (Å²) in [5.41, 5.74) is 0. The topological polar surface area (TPSA) is 21.7 Å². The van der Waals surface area contributed by atoms with Gasteiger partial charge < -0.3 is 9.47 Å². The first-order valence-corrected chi connectivity index (χ1v) is 7.29. The second-order valence-electron chi connectivity index (χ2n) is 4.77. The molecule has 1 unspecified atom stereocenters. The van der Waals surface area contributed by atoms with Gasteiger partial charge in [0.05, 0.1) is 0 Å². The highest BCUT2D eigenvalue weighted by Crippen LogP contribution is 2.21. The fourth-order valence-corrected chi connectivity index (χ4v) is 2.68. The Hall–Kier alpha value is -0.120. The predicted octanol–water partition coefficient (Wildman–Crippen LogP) is 3.04. The van der Waals surface area contributed by atoms with Crippen molar-refractivity contribution in [1.29, 1.82) is 0 Å². The van der Waals surface area contributed by atoms with Crippen molar-refractivity contribution in [2.45, 2.75) is 65.2 Å². The SMILES string of the molecule is CCCC1CCCCN1CC(OCC)OCC. The number of rotatable bonds is 8. The van der Waals surface area contributed by atoms with Crippen LogP contribution in [-0.4, -0.2) is 43.5 Å². The molecule has 0 radical (unpaired) electrons. The van der Waals surface area contributed by atoms with E-state index in [9.17, 15) is 0 Å². The Kier molecular flexibility index (Phi) is 7.82. The average molecular weight is 243 g/mol. The molecule has 0 N–H and O–H groups in total. The van der Waals surface area contributed by atoms with Crippen molar-refractivity contribution < 1.29 is 9.47 Å². The Labute approximate surface area is 106 Å². The minimum atomic E-state index is -0.0394. The summed E-state index contributed by atoms with van der Waals surface area (Å²) >= 11 is 0. The summed E-state index contributed by atoms with van der Waals surface area (Å²) < 4.78 is 11.3. The predicted molar refractivity (Wildman–Crippen MR) is 71.2 cm³/mol. The molecular weight excluding hydrogens is 214 g/mol. The third kappa shape index (κ3) is 5.36. The van der Waals surface area contributed by atoms with Gasteiger partial charge in [-0.2, -0.15) is 0 Å². The fourth-order valence-electron chi connectivity index (χ4n) is 2.68. The summed E-state index contributed by atoms with van der Waals surface area (Å²) in [5, 5.41) is 0. The van der Waals surface area contributed by atoms with E-state index < -0.39 is 0 Å². The first-order valence-electron chi connectivity index (χ1n) is 7.29. The summed E-state index contributed by atoms with van der Waals surface area (Å²) in [4.78, 5) is 2.57. The molecule has 0 saturated carbocycles. The molecule has 1 heterocycles. The maximum absolute atomic E-state index is 5.65. The lowest BCUT2D eigenvalue weighted by Gasteiger charge is -2.37. The van der Waals surface area contributed by atoms with Crippen molar-refractivity contribution in [3.63, 3.8) is 0 Å². The summed E-state index contributed by atoms with van der Waals surface area (Å²) in [7, 11) is 0. The first kappa shape index (κ1) is 14.9. The molecule has 0 aliphatic carbocycles. The third-order valence-corrected chi connectivity index (χ3v) is 3.46. The van der Waals surface area contributed by atoms with Gasteiger partial charge in [-0.1, -0.05) is 19.8 Å². The van der Waals surface area contributed by atoms with Gasteiger partial charge in [-0.15, -0.1) is 0 Å². The van der Waals surface area contributed by atoms with Crippen LogP contribution in [0, 0.1) is 0 Å². The molecule has 17 heavy (non-hydrogen) atoms. The molecule has 0 aromatic rings. The minimum Gasteiger partial charge on any atom is -0.352 e. The molecule has 102 valence electrons. The second kappa shape index (κ2) is 8.90. The fraction of sp³-hybridized carbons (Fsp3) is 1.00. The van der Waals surface area contributed by atoms with Crippen LogP contribution in [-0.2, 0) is 9.47 Å². The zero-order valence-corrected chi connectivity index (χ0v) is 11.8. The monoisotopic (exact) mass is 243 g/mol. The van der Waals surface area contributed by atoms with Crippen molar-refractivity contribution in [1.82, 2.24) is 4.90 Å². The highest BCUT2D eigenvalue weighted by Gasteiger charge is 2.24. The lowest BCUT2D eigenvalue weighted by Crippen LogP contribution is -2.45. The zero-order valence-electron chi connectivity index (χ0n) is 11.8. The van der Waals surface area contributed by atoms with E-state index in [1.54, 1.807) is 0 Å². The molecule has 0 aromatic heterocycles. The van der Waals surface area contributed by atoms with Gasteiger partial charge in [0.25, 0.3) is 0 Å². The maximum atomic E-state index is 5.65. The Bertz CT molecular complexity index is 179. The Balaban J connectivity index is 2.43. The highest BCUT2D eigenvalue weighted by molar-refractivity contribution is 4.77. The molecule has 1 atom stereocenters. The standard InChI is InChI=1S/C14H29NO2/c1-4-9-13-10-7-8-11-15(13)12-14(16-5-2)17-6-3/h13-14H,4-12H2,1-3H3. The first-order chi connectivity index (χ1) is 8.31. The molecule has 0 amide bonds. The van der Waals surface area contributed by atoms with Gasteiger partial charge in [-0.05, 0) is 39.7 Å². The van der Waals surface area contributed by atoms with Crippen molar-refractivity contribution in [2.24, 2.45) is 0 Å². The zero-order chi connectivity index (χ0) is 12.5. The molecule has 3 nitrogen and oxygen atoms in total. The van der Waals surface area contributed by atoms with E-state index >= 15 is 0 Å². The summed E-state index contributed by atoms with van der Waals surface area (Å²) in [6.45, 7) is 9.95. The molecule has 1 rings (SSSR count). The van der Waals surface area contributed by atoms with Crippen LogP contribution in [0.1, 0.15) is 52.9 Å². The summed E-state index contributed by atoms with van der Waals surface area (Å²) in [5.74, 6) is 0. The Morgan fingerprint density at radius 1 is 1.12 bits per heavy atom. The van der Waals surface area contributed by atoms with Crippen LogP contribution in [0.5, 0.6) is 0 Å². The van der Waals surface area contributed by atoms with Crippen molar-refractivity contribution >= 4 is 0 Å². The van der Waals surface area contributed by atoms with Gasteiger partial charge in [-0.25, -0.2) is 0 Å². The lowest BCUT2D eigenvalue weighted by molar-refractivity contribution is -0.152. The number of nitrogens with zero attached hydrogens (tertiary/aromatic N) is 1. The largest absolute Gasteiger partial charge is 0.352 e. The molecule has 0 bridgehead atoms. The van der Waals surface area contributed by atoms with Crippen LogP contribution in [0.25, 0.3) is 0 Å². The molecule has 0 aromatic carbocycles. The molecular formula is C14H29NO2. The van der Waals surface area contributed by atoms with Crippen molar-refractivity contribution in [2.75, 3.05) is 26.3 Å². The lowest BCUT2D eigenvalue weighted by atomic mass is 9.98. The van der Waals surface area contributed by atoms with Crippen molar-refractivity contribution in [3.8, 4) is 0 Å². The molecule has 1 aliphatic heterocycles. The number of ether oxygens (including phenoxy) is 2. The molecule has 1 saturated heterocycles. The second-order valence-corrected chi connectivity index (χ2v) is 4.77. The van der Waals surface area contributed by atoms with E-state index in [0.29, 0.717) is 0 Å². The van der Waals surface area contributed by atoms with E-state index in [2.05, 4.69) is 11.8 Å². The van der Waals surface area contributed by atoms with Gasteiger partial charge in [0.2, 0.25) is 0 Å². The maximum Gasteiger partial charge on any atom is 0.170 e. The highest BCUT2D eigenvalue weighted by atomic mass is 16.7. The van der Waals surface area contributed by atoms with Crippen LogP contribution in [0.2, 0.25) is 0 Å².